The van der Waals surface area contributed by atoms with Gasteiger partial charge in [0.05, 0.1) is 25.3 Å². The first-order chi connectivity index (χ1) is 16.7. The number of ether oxygens (including phenoxy) is 2. The molecule has 2 aromatic heterocycles. The van der Waals surface area contributed by atoms with E-state index in [1.807, 2.05) is 35.5 Å². The van der Waals surface area contributed by atoms with Gasteiger partial charge in [0.2, 0.25) is 0 Å². The Bertz CT molecular complexity index is 1270. The normalized spacial score (nSPS) is 14.4. The average Bonchev–Trinajstić information content (AvgIpc) is 3.26. The number of nitrogens with zero attached hydrogens (tertiary/aromatic N) is 4. The van der Waals surface area contributed by atoms with Gasteiger partial charge in [-0.1, -0.05) is 12.1 Å². The van der Waals surface area contributed by atoms with Crippen LogP contribution >= 0.6 is 0 Å². The zero-order valence-electron chi connectivity index (χ0n) is 19.5. The van der Waals surface area contributed by atoms with Crippen molar-refractivity contribution in [2.24, 2.45) is 0 Å². The summed E-state index contributed by atoms with van der Waals surface area (Å²) in [4.78, 5) is 24.3. The third-order valence-corrected chi connectivity index (χ3v) is 6.52. The highest BCUT2D eigenvalue weighted by Crippen LogP contribution is 2.32. The molecular formula is C27H28N4O3. The van der Waals surface area contributed by atoms with E-state index in [9.17, 15) is 4.79 Å². The quantitative estimate of drug-likeness (QED) is 0.427. The van der Waals surface area contributed by atoms with Crippen LogP contribution in [0, 0.1) is 0 Å². The molecule has 0 saturated carbocycles. The van der Waals surface area contributed by atoms with E-state index < -0.39 is 0 Å². The molecule has 7 heteroatoms. The van der Waals surface area contributed by atoms with Gasteiger partial charge in [-0.2, -0.15) is 0 Å². The summed E-state index contributed by atoms with van der Waals surface area (Å²) in [5.74, 6) is 2.61. The van der Waals surface area contributed by atoms with Crippen molar-refractivity contribution in [3.05, 3.63) is 83.9 Å². The van der Waals surface area contributed by atoms with E-state index in [2.05, 4.69) is 27.8 Å². The summed E-state index contributed by atoms with van der Waals surface area (Å²) in [7, 11) is 3.18. The molecule has 7 nitrogen and oxygen atoms in total. The van der Waals surface area contributed by atoms with E-state index in [1.54, 1.807) is 32.4 Å². The molecule has 1 fully saturated rings. The van der Waals surface area contributed by atoms with Crippen molar-refractivity contribution in [3.8, 4) is 11.5 Å². The van der Waals surface area contributed by atoms with Gasteiger partial charge in [0, 0.05) is 49.6 Å². The fraction of sp³-hybridized carbons (Fsp3) is 0.296. The highest BCUT2D eigenvalue weighted by Gasteiger charge is 2.28. The third-order valence-electron chi connectivity index (χ3n) is 6.52. The number of carbonyl (C=O) groups excluding carboxylic acids is 1. The molecule has 34 heavy (non-hydrogen) atoms. The van der Waals surface area contributed by atoms with Gasteiger partial charge in [-0.15, -0.1) is 0 Å². The van der Waals surface area contributed by atoms with Crippen LogP contribution in [0.2, 0.25) is 0 Å². The maximum Gasteiger partial charge on any atom is 0.254 e. The first kappa shape index (κ1) is 21.9. The van der Waals surface area contributed by atoms with Crippen molar-refractivity contribution in [2.45, 2.75) is 25.3 Å². The van der Waals surface area contributed by atoms with Gasteiger partial charge in [0.15, 0.2) is 0 Å². The van der Waals surface area contributed by atoms with Gasteiger partial charge < -0.3 is 18.9 Å². The standard InChI is InChI=1S/C27H28N4O3/c1-33-22-15-21(16-23(17-22)34-2)27(32)30-13-9-20(10-14-30)26-29-24-5-3-4-6-25(24)31(26)18-19-7-11-28-12-8-19/h3-8,11-12,15-17,20H,9-10,13-14,18H2,1-2H3. The van der Waals surface area contributed by atoms with Crippen LogP contribution in [-0.2, 0) is 6.54 Å². The van der Waals surface area contributed by atoms with Crippen LogP contribution in [0.3, 0.4) is 0 Å². The maximum atomic E-state index is 13.2. The van der Waals surface area contributed by atoms with Crippen molar-refractivity contribution >= 4 is 16.9 Å². The second-order valence-electron chi connectivity index (χ2n) is 8.57. The van der Waals surface area contributed by atoms with Crippen LogP contribution in [0.4, 0.5) is 0 Å². The van der Waals surface area contributed by atoms with Crippen molar-refractivity contribution in [1.29, 1.82) is 0 Å². The smallest absolute Gasteiger partial charge is 0.254 e. The first-order valence-corrected chi connectivity index (χ1v) is 11.5. The van der Waals surface area contributed by atoms with Crippen LogP contribution < -0.4 is 9.47 Å². The molecule has 0 bridgehead atoms. The molecule has 0 N–H and O–H groups in total. The Balaban J connectivity index is 1.36. The number of fused-ring (bicyclic) bond motifs is 1. The topological polar surface area (TPSA) is 69.5 Å². The predicted octanol–water partition coefficient (Wildman–Crippen LogP) is 4.52. The van der Waals surface area contributed by atoms with Gasteiger partial charge in [-0.05, 0) is 54.8 Å². The minimum absolute atomic E-state index is 0.000869. The SMILES string of the molecule is COc1cc(OC)cc(C(=O)N2CCC(c3nc4ccccc4n3Cc3ccncc3)CC2)c1. The molecule has 1 saturated heterocycles. The van der Waals surface area contributed by atoms with E-state index in [4.69, 9.17) is 14.5 Å². The Morgan fingerprint density at radius 3 is 2.32 bits per heavy atom. The molecule has 0 spiro atoms. The summed E-state index contributed by atoms with van der Waals surface area (Å²) < 4.78 is 13.0. The molecular weight excluding hydrogens is 428 g/mol. The molecule has 1 aliphatic heterocycles. The highest BCUT2D eigenvalue weighted by atomic mass is 16.5. The molecule has 0 atom stereocenters. The van der Waals surface area contributed by atoms with Crippen molar-refractivity contribution < 1.29 is 14.3 Å². The Hall–Kier alpha value is -3.87. The molecule has 4 aromatic rings. The van der Waals surface area contributed by atoms with Crippen molar-refractivity contribution in [3.63, 3.8) is 0 Å². The number of pyridine rings is 1. The van der Waals surface area contributed by atoms with Gasteiger partial charge in [-0.3, -0.25) is 9.78 Å². The number of aromatic nitrogens is 3. The number of piperidine rings is 1. The molecule has 0 radical (unpaired) electrons. The number of likely N-dealkylation sites (tertiary alicyclic amines) is 1. The highest BCUT2D eigenvalue weighted by molar-refractivity contribution is 5.95. The second kappa shape index (κ2) is 9.55. The van der Waals surface area contributed by atoms with Gasteiger partial charge >= 0.3 is 0 Å². The first-order valence-electron chi connectivity index (χ1n) is 11.5. The molecule has 1 aliphatic rings. The lowest BCUT2D eigenvalue weighted by molar-refractivity contribution is 0.0709. The van der Waals surface area contributed by atoms with Crippen LogP contribution in [0.1, 0.15) is 40.5 Å². The van der Waals surface area contributed by atoms with Crippen molar-refractivity contribution in [1.82, 2.24) is 19.4 Å². The molecule has 5 rings (SSSR count). The lowest BCUT2D eigenvalue weighted by atomic mass is 9.95. The van der Waals surface area contributed by atoms with Crippen molar-refractivity contribution in [2.75, 3.05) is 27.3 Å². The van der Waals surface area contributed by atoms with E-state index in [0.717, 1.165) is 36.2 Å². The minimum Gasteiger partial charge on any atom is -0.497 e. The Kier molecular flexibility index (Phi) is 6.16. The number of amides is 1. The number of hydrogen-bond acceptors (Lipinski definition) is 5. The van der Waals surface area contributed by atoms with Gasteiger partial charge in [0.1, 0.15) is 17.3 Å². The Morgan fingerprint density at radius 2 is 1.65 bits per heavy atom. The molecule has 0 unspecified atom stereocenters. The number of para-hydroxylation sites is 2. The van der Waals surface area contributed by atoms with Gasteiger partial charge in [0.25, 0.3) is 5.91 Å². The number of benzene rings is 2. The van der Waals surface area contributed by atoms with E-state index in [1.165, 1.54) is 5.56 Å². The summed E-state index contributed by atoms with van der Waals surface area (Å²) in [5, 5.41) is 0. The number of methoxy groups -OCH3 is 2. The summed E-state index contributed by atoms with van der Waals surface area (Å²) in [5.41, 5.74) is 3.92. The van der Waals surface area contributed by atoms with Crippen LogP contribution in [0.25, 0.3) is 11.0 Å². The molecule has 2 aromatic carbocycles. The Morgan fingerprint density at radius 1 is 0.971 bits per heavy atom. The van der Waals surface area contributed by atoms with Gasteiger partial charge in [-0.25, -0.2) is 4.98 Å². The minimum atomic E-state index is 0.000869. The fourth-order valence-electron chi connectivity index (χ4n) is 4.70. The zero-order valence-corrected chi connectivity index (χ0v) is 19.5. The summed E-state index contributed by atoms with van der Waals surface area (Å²) in [6.07, 6.45) is 5.39. The predicted molar refractivity (Wildman–Crippen MR) is 130 cm³/mol. The number of hydrogen-bond donors (Lipinski definition) is 0. The van der Waals surface area contributed by atoms with Crippen LogP contribution in [0.5, 0.6) is 11.5 Å². The monoisotopic (exact) mass is 456 g/mol. The third kappa shape index (κ3) is 4.33. The summed E-state index contributed by atoms with van der Waals surface area (Å²) in [6, 6.07) is 17.7. The van der Waals surface area contributed by atoms with E-state index in [-0.39, 0.29) is 11.8 Å². The summed E-state index contributed by atoms with van der Waals surface area (Å²) in [6.45, 7) is 2.12. The maximum absolute atomic E-state index is 13.2. The van der Waals surface area contributed by atoms with Crippen LogP contribution in [-0.4, -0.2) is 52.7 Å². The lowest BCUT2D eigenvalue weighted by Gasteiger charge is -2.32. The second-order valence-corrected chi connectivity index (χ2v) is 8.57. The average molecular weight is 457 g/mol. The molecule has 3 heterocycles. The number of carbonyl (C=O) groups is 1. The lowest BCUT2D eigenvalue weighted by Crippen LogP contribution is -2.38. The van der Waals surface area contributed by atoms with E-state index >= 15 is 0 Å². The Labute approximate surface area is 199 Å². The fourth-order valence-corrected chi connectivity index (χ4v) is 4.70. The molecule has 0 aliphatic carbocycles. The summed E-state index contributed by atoms with van der Waals surface area (Å²) >= 11 is 0. The van der Waals surface area contributed by atoms with Crippen LogP contribution in [0.15, 0.2) is 67.0 Å². The van der Waals surface area contributed by atoms with E-state index in [0.29, 0.717) is 30.2 Å². The molecule has 174 valence electrons. The number of rotatable bonds is 6. The number of imidazole rings is 1. The largest absolute Gasteiger partial charge is 0.497 e. The zero-order chi connectivity index (χ0) is 23.5. The molecule has 1 amide bonds.